The molecule has 216 valence electrons. The highest BCUT2D eigenvalue weighted by molar-refractivity contribution is 7.81. The maximum absolute atomic E-state index is 6.27. The van der Waals surface area contributed by atoms with E-state index in [0.29, 0.717) is 12.1 Å². The van der Waals surface area contributed by atoms with Crippen LogP contribution in [-0.4, -0.2) is 79.1 Å². The molecule has 0 amide bonds. The van der Waals surface area contributed by atoms with Gasteiger partial charge in [-0.1, -0.05) is 55.6 Å². The molecule has 2 aliphatic heterocycles. The first kappa shape index (κ1) is 29.4. The topological polar surface area (TPSA) is 25.0 Å². The van der Waals surface area contributed by atoms with E-state index in [1.807, 2.05) is 18.3 Å². The molecule has 7 heteroatoms. The second kappa shape index (κ2) is 12.8. The summed E-state index contributed by atoms with van der Waals surface area (Å²) in [5, 5.41) is 0.808. The highest BCUT2D eigenvalue weighted by atomic mass is 35.5. The molecule has 0 saturated carbocycles. The number of nitrogens with zero attached hydrogens (tertiary/aromatic N) is 4. The van der Waals surface area contributed by atoms with Crippen LogP contribution in [0.2, 0.25) is 5.02 Å². The molecule has 40 heavy (non-hydrogen) atoms. The van der Waals surface area contributed by atoms with Gasteiger partial charge in [-0.3, -0.25) is 9.80 Å². The molecule has 0 spiro atoms. The number of hydrogen-bond donors (Lipinski definition) is 2. The van der Waals surface area contributed by atoms with Gasteiger partial charge in [0.1, 0.15) is 0 Å². The van der Waals surface area contributed by atoms with Gasteiger partial charge in [-0.25, -0.2) is 0 Å². The van der Waals surface area contributed by atoms with E-state index in [1.54, 1.807) is 11.1 Å². The zero-order chi connectivity index (χ0) is 28.3. The highest BCUT2D eigenvalue weighted by Gasteiger charge is 2.37. The van der Waals surface area contributed by atoms with Gasteiger partial charge >= 0.3 is 0 Å². The third-order valence-corrected chi connectivity index (χ3v) is 9.78. The molecule has 1 N–H and O–H groups in total. The van der Waals surface area contributed by atoms with Crippen LogP contribution in [0.15, 0.2) is 66.9 Å². The Labute approximate surface area is 252 Å². The Morgan fingerprint density at radius 2 is 1.62 bits per heavy atom. The van der Waals surface area contributed by atoms with E-state index in [4.69, 9.17) is 11.6 Å². The monoisotopic (exact) mass is 579 g/mol. The largest absolute Gasteiger partial charge is 0.370 e. The second-order valence-electron chi connectivity index (χ2n) is 12.5. The smallest absolute Gasteiger partial charge is 0.0439 e. The molecule has 3 unspecified atom stereocenters. The van der Waals surface area contributed by atoms with Gasteiger partial charge in [0.05, 0.1) is 0 Å². The molecule has 5 rings (SSSR count). The summed E-state index contributed by atoms with van der Waals surface area (Å²) < 4.78 is 2.92. The lowest BCUT2D eigenvalue weighted by Crippen LogP contribution is -2.56. The first-order valence-electron chi connectivity index (χ1n) is 14.8. The lowest BCUT2D eigenvalue weighted by Gasteiger charge is -2.48. The summed E-state index contributed by atoms with van der Waals surface area (Å²) in [6.45, 7) is 20.0. The Morgan fingerprint density at radius 3 is 2.23 bits per heavy atom. The normalized spacial score (nSPS) is 26.7. The predicted octanol–water partition coefficient (Wildman–Crippen LogP) is 6.90. The fourth-order valence-electron chi connectivity index (χ4n) is 7.25. The van der Waals surface area contributed by atoms with Crippen LogP contribution >= 0.6 is 24.4 Å². The van der Waals surface area contributed by atoms with Crippen molar-refractivity contribution >= 4 is 41.4 Å². The van der Waals surface area contributed by atoms with Gasteiger partial charge in [-0.15, -0.1) is 0 Å². The first-order chi connectivity index (χ1) is 19.3. The Kier molecular flexibility index (Phi) is 9.41. The van der Waals surface area contributed by atoms with Crippen molar-refractivity contribution in [1.82, 2.24) is 14.7 Å². The van der Waals surface area contributed by atoms with Crippen molar-refractivity contribution in [3.63, 3.8) is 0 Å². The fraction of sp³-hybridized carbons (Fsp3) is 0.515. The van der Waals surface area contributed by atoms with Gasteiger partial charge < -0.3 is 14.5 Å². The summed E-state index contributed by atoms with van der Waals surface area (Å²) in [6.07, 6.45) is 5.55. The third kappa shape index (κ3) is 6.84. The van der Waals surface area contributed by atoms with Gasteiger partial charge in [-0.05, 0) is 92.3 Å². The number of rotatable bonds is 8. The van der Waals surface area contributed by atoms with E-state index in [-0.39, 0.29) is 5.41 Å². The summed E-state index contributed by atoms with van der Waals surface area (Å²) in [5.41, 5.74) is 7.12. The molecule has 0 bridgehead atoms. The SMILES string of the molecule is C=CN1C(C)CN(CC2(C)CCC(c3ccc(Cl)cc3)=C(CN3CCN(c4ccc(NS)cc4)CC3)C2)CC1C. The van der Waals surface area contributed by atoms with Crippen LogP contribution in [0.1, 0.15) is 45.6 Å². The average molecular weight is 580 g/mol. The molecule has 0 radical (unpaired) electrons. The maximum atomic E-state index is 6.27. The van der Waals surface area contributed by atoms with Gasteiger partial charge in [0.2, 0.25) is 0 Å². The second-order valence-corrected chi connectivity index (χ2v) is 13.2. The summed E-state index contributed by atoms with van der Waals surface area (Å²) >= 11 is 10.4. The minimum absolute atomic E-state index is 0.283. The molecule has 2 aromatic carbocycles. The van der Waals surface area contributed by atoms with Crippen molar-refractivity contribution in [1.29, 1.82) is 0 Å². The van der Waals surface area contributed by atoms with Crippen LogP contribution in [0.4, 0.5) is 11.4 Å². The Balaban J connectivity index is 1.29. The molecular formula is C33H46ClN5S. The number of piperazine rings is 2. The van der Waals surface area contributed by atoms with Crippen molar-refractivity contribution < 1.29 is 0 Å². The van der Waals surface area contributed by atoms with Crippen molar-refractivity contribution in [2.75, 3.05) is 62.0 Å². The summed E-state index contributed by atoms with van der Waals surface area (Å²) in [5.74, 6) is 0. The van der Waals surface area contributed by atoms with Gasteiger partial charge in [0.25, 0.3) is 0 Å². The van der Waals surface area contributed by atoms with Gasteiger partial charge in [-0.2, -0.15) is 0 Å². The number of nitrogens with one attached hydrogen (secondary N) is 1. The Hall–Kier alpha value is -2.12. The van der Waals surface area contributed by atoms with Crippen LogP contribution in [-0.2, 0) is 0 Å². The molecule has 3 aliphatic rings. The number of halogens is 1. The Morgan fingerprint density at radius 1 is 0.975 bits per heavy atom. The van der Waals surface area contributed by atoms with Gasteiger partial charge in [0, 0.05) is 80.8 Å². The fourth-order valence-corrected chi connectivity index (χ4v) is 7.53. The first-order valence-corrected chi connectivity index (χ1v) is 15.7. The molecular weight excluding hydrogens is 534 g/mol. The zero-order valence-corrected chi connectivity index (χ0v) is 26.1. The van der Waals surface area contributed by atoms with E-state index in [9.17, 15) is 0 Å². The molecule has 1 aliphatic carbocycles. The quantitative estimate of drug-likeness (QED) is 0.331. The Bertz CT molecular complexity index is 1160. The van der Waals surface area contributed by atoms with Crippen molar-refractivity contribution in [2.24, 2.45) is 5.41 Å². The zero-order valence-electron chi connectivity index (χ0n) is 24.5. The minimum Gasteiger partial charge on any atom is -0.370 e. The van der Waals surface area contributed by atoms with E-state index >= 15 is 0 Å². The molecule has 0 aromatic heterocycles. The predicted molar refractivity (Wildman–Crippen MR) is 175 cm³/mol. The number of thiol groups is 1. The summed E-state index contributed by atoms with van der Waals surface area (Å²) in [4.78, 5) is 10.3. The van der Waals surface area contributed by atoms with Crippen molar-refractivity contribution in [3.8, 4) is 0 Å². The van der Waals surface area contributed by atoms with Gasteiger partial charge in [0.15, 0.2) is 0 Å². The molecule has 5 nitrogen and oxygen atoms in total. The molecule has 2 heterocycles. The van der Waals surface area contributed by atoms with E-state index in [2.05, 4.69) is 101 Å². The number of hydrogen-bond acceptors (Lipinski definition) is 6. The number of benzene rings is 2. The molecule has 2 saturated heterocycles. The number of anilines is 2. The maximum Gasteiger partial charge on any atom is 0.0439 e. The summed E-state index contributed by atoms with van der Waals surface area (Å²) in [6, 6.07) is 18.1. The van der Waals surface area contributed by atoms with Crippen LogP contribution in [0.3, 0.4) is 0 Å². The van der Waals surface area contributed by atoms with Crippen LogP contribution in [0.5, 0.6) is 0 Å². The van der Waals surface area contributed by atoms with Crippen molar-refractivity contribution in [2.45, 2.75) is 52.1 Å². The third-order valence-electron chi connectivity index (χ3n) is 9.27. The van der Waals surface area contributed by atoms with Crippen LogP contribution in [0, 0.1) is 5.41 Å². The lowest BCUT2D eigenvalue weighted by atomic mass is 9.71. The van der Waals surface area contributed by atoms with Crippen LogP contribution < -0.4 is 9.62 Å². The minimum atomic E-state index is 0.283. The highest BCUT2D eigenvalue weighted by Crippen LogP contribution is 2.44. The standard InChI is InChI=1S/C33H46ClN5S/c1-5-39-25(2)21-37(22-26(39)3)24-33(4)15-14-32(27-6-8-29(34)9-7-27)28(20-33)23-36-16-18-38(19-17-36)31-12-10-30(35-40)11-13-31/h5-13,25-26,35,40H,1,14-24H2,2-4H3. The number of allylic oxidation sites excluding steroid dienone is 1. The summed E-state index contributed by atoms with van der Waals surface area (Å²) in [7, 11) is 0. The lowest BCUT2D eigenvalue weighted by molar-refractivity contribution is 0.0437. The van der Waals surface area contributed by atoms with E-state index in [0.717, 1.165) is 75.9 Å². The molecule has 2 fully saturated rings. The van der Waals surface area contributed by atoms with Crippen molar-refractivity contribution in [3.05, 3.63) is 77.5 Å². The average Bonchev–Trinajstić information content (AvgIpc) is 2.94. The van der Waals surface area contributed by atoms with Crippen LogP contribution in [0.25, 0.3) is 5.57 Å². The molecule has 3 atom stereocenters. The van der Waals surface area contributed by atoms with E-state index in [1.165, 1.54) is 17.7 Å². The molecule has 2 aromatic rings. The van der Waals surface area contributed by atoms with E-state index < -0.39 is 0 Å².